The van der Waals surface area contributed by atoms with Crippen LogP contribution >= 0.6 is 0 Å². The van der Waals surface area contributed by atoms with Crippen LogP contribution < -0.4 is 0 Å². The van der Waals surface area contributed by atoms with Crippen LogP contribution in [0.15, 0.2) is 0 Å². The van der Waals surface area contributed by atoms with Gasteiger partial charge in [-0.2, -0.15) is 5.10 Å². The highest BCUT2D eigenvalue weighted by Crippen LogP contribution is 2.25. The second-order valence-corrected chi connectivity index (χ2v) is 7.88. The van der Waals surface area contributed by atoms with Gasteiger partial charge in [0.15, 0.2) is 0 Å². The molecule has 1 atom stereocenters. The molecule has 1 unspecified atom stereocenters. The predicted octanol–water partition coefficient (Wildman–Crippen LogP) is 1.66. The minimum absolute atomic E-state index is 0.116. The van der Waals surface area contributed by atoms with Gasteiger partial charge in [-0.25, -0.2) is 0 Å². The highest BCUT2D eigenvalue weighted by Gasteiger charge is 2.34. The summed E-state index contributed by atoms with van der Waals surface area (Å²) in [5.74, 6) is 0.116. The maximum Gasteiger partial charge on any atom is 0.249 e. The van der Waals surface area contributed by atoms with E-state index < -0.39 is 0 Å². The molecule has 2 saturated heterocycles. The molecule has 0 aliphatic carbocycles. The number of methoxy groups -OCH3 is 1. The van der Waals surface area contributed by atoms with Crippen LogP contribution in [0.4, 0.5) is 0 Å². The fourth-order valence-corrected chi connectivity index (χ4v) is 4.54. The molecule has 0 saturated carbocycles. The van der Waals surface area contributed by atoms with Gasteiger partial charge in [-0.3, -0.25) is 14.4 Å². The first-order valence-corrected chi connectivity index (χ1v) is 10.1. The first-order valence-electron chi connectivity index (χ1n) is 10.1. The topological polar surface area (TPSA) is 59.8 Å². The van der Waals surface area contributed by atoms with Crippen molar-refractivity contribution in [3.8, 4) is 0 Å². The second kappa shape index (κ2) is 9.17. The van der Waals surface area contributed by atoms with Crippen LogP contribution in [-0.2, 0) is 27.9 Å². The first kappa shape index (κ1) is 20.3. The van der Waals surface area contributed by atoms with Gasteiger partial charge >= 0.3 is 0 Å². The summed E-state index contributed by atoms with van der Waals surface area (Å²) in [4.78, 5) is 17.5. The maximum absolute atomic E-state index is 12.8. The number of piperidine rings is 1. The van der Waals surface area contributed by atoms with Crippen molar-refractivity contribution in [2.75, 3.05) is 40.0 Å². The van der Waals surface area contributed by atoms with E-state index in [1.807, 2.05) is 11.7 Å². The van der Waals surface area contributed by atoms with E-state index in [1.54, 1.807) is 7.11 Å². The quantitative estimate of drug-likeness (QED) is 0.753. The number of hydrogen-bond donors (Lipinski definition) is 0. The van der Waals surface area contributed by atoms with Crippen molar-refractivity contribution in [2.24, 2.45) is 7.05 Å². The van der Waals surface area contributed by atoms with Crippen LogP contribution in [0, 0.1) is 13.8 Å². The van der Waals surface area contributed by atoms with Gasteiger partial charge in [-0.15, -0.1) is 0 Å². The molecule has 3 heterocycles. The first-order chi connectivity index (χ1) is 13.0. The van der Waals surface area contributed by atoms with Crippen LogP contribution in [0.1, 0.15) is 42.6 Å². The number of nitrogens with zero attached hydrogens (tertiary/aromatic N) is 4. The number of hydrogen-bond acceptors (Lipinski definition) is 5. The molecular weight excluding hydrogens is 344 g/mol. The van der Waals surface area contributed by atoms with Crippen LogP contribution in [0.5, 0.6) is 0 Å². The second-order valence-electron chi connectivity index (χ2n) is 7.88. The summed E-state index contributed by atoms with van der Waals surface area (Å²) in [5, 5.41) is 4.55. The van der Waals surface area contributed by atoms with Gasteiger partial charge in [-0.1, -0.05) is 0 Å². The van der Waals surface area contributed by atoms with E-state index in [1.165, 1.54) is 11.3 Å². The van der Waals surface area contributed by atoms with Crippen molar-refractivity contribution in [3.05, 3.63) is 17.0 Å². The van der Waals surface area contributed by atoms with E-state index >= 15 is 0 Å². The SMILES string of the molecule is COCC(=O)N(C1CCOCC1)C1CCCN(Cc2c(C)nn(C)c2C)C1. The lowest BCUT2D eigenvalue weighted by Gasteiger charge is -2.44. The van der Waals surface area contributed by atoms with Gasteiger partial charge in [0.05, 0.1) is 5.69 Å². The lowest BCUT2D eigenvalue weighted by atomic mass is 9.98. The normalized spacial score (nSPS) is 22.1. The molecule has 27 heavy (non-hydrogen) atoms. The lowest BCUT2D eigenvalue weighted by molar-refractivity contribution is -0.144. The van der Waals surface area contributed by atoms with Crippen LogP contribution in [0.3, 0.4) is 0 Å². The minimum Gasteiger partial charge on any atom is -0.381 e. The molecule has 1 aromatic rings. The van der Waals surface area contributed by atoms with Gasteiger partial charge in [0, 0.05) is 63.8 Å². The lowest BCUT2D eigenvalue weighted by Crippen LogP contribution is -2.56. The Hall–Kier alpha value is -1.44. The number of carbonyl (C=O) groups is 1. The minimum atomic E-state index is 0.116. The Morgan fingerprint density at radius 3 is 2.63 bits per heavy atom. The Morgan fingerprint density at radius 2 is 2.00 bits per heavy atom. The summed E-state index contributed by atoms with van der Waals surface area (Å²) < 4.78 is 12.7. The molecule has 1 amide bonds. The molecule has 3 rings (SSSR count). The summed E-state index contributed by atoms with van der Waals surface area (Å²) in [6.45, 7) is 8.76. The zero-order valence-electron chi connectivity index (χ0n) is 17.2. The van der Waals surface area contributed by atoms with Crippen LogP contribution in [0.2, 0.25) is 0 Å². The highest BCUT2D eigenvalue weighted by molar-refractivity contribution is 5.78. The number of carbonyl (C=O) groups excluding carboxylic acids is 1. The summed E-state index contributed by atoms with van der Waals surface area (Å²) in [6.07, 6.45) is 4.02. The fourth-order valence-electron chi connectivity index (χ4n) is 4.54. The number of ether oxygens (including phenoxy) is 2. The monoisotopic (exact) mass is 378 g/mol. The third kappa shape index (κ3) is 4.70. The van der Waals surface area contributed by atoms with Crippen LogP contribution in [-0.4, -0.2) is 77.6 Å². The molecule has 0 bridgehead atoms. The summed E-state index contributed by atoms with van der Waals surface area (Å²) in [7, 11) is 3.60. The van der Waals surface area contributed by atoms with Crippen molar-refractivity contribution in [2.45, 2.75) is 58.2 Å². The van der Waals surface area contributed by atoms with Gasteiger partial charge in [0.1, 0.15) is 6.61 Å². The fraction of sp³-hybridized carbons (Fsp3) is 0.800. The van der Waals surface area contributed by atoms with E-state index in [-0.39, 0.29) is 24.6 Å². The number of aryl methyl sites for hydroxylation is 2. The number of likely N-dealkylation sites (tertiary alicyclic amines) is 1. The Balaban J connectivity index is 1.72. The van der Waals surface area contributed by atoms with Crippen molar-refractivity contribution < 1.29 is 14.3 Å². The molecule has 2 aliphatic rings. The zero-order valence-corrected chi connectivity index (χ0v) is 17.2. The Labute approximate surface area is 162 Å². The molecule has 0 radical (unpaired) electrons. The third-order valence-electron chi connectivity index (χ3n) is 6.05. The Morgan fingerprint density at radius 1 is 1.26 bits per heavy atom. The Kier molecular flexibility index (Phi) is 6.89. The van der Waals surface area contributed by atoms with Crippen molar-refractivity contribution in [1.29, 1.82) is 0 Å². The smallest absolute Gasteiger partial charge is 0.249 e. The van der Waals surface area contributed by atoms with Crippen molar-refractivity contribution in [3.63, 3.8) is 0 Å². The maximum atomic E-state index is 12.8. The molecule has 7 nitrogen and oxygen atoms in total. The molecule has 1 aromatic heterocycles. The van der Waals surface area contributed by atoms with E-state index in [0.717, 1.165) is 64.2 Å². The molecule has 152 valence electrons. The Bertz CT molecular complexity index is 639. The number of rotatable bonds is 6. The third-order valence-corrected chi connectivity index (χ3v) is 6.05. The molecule has 0 N–H and O–H groups in total. The van der Waals surface area contributed by atoms with Gasteiger partial charge < -0.3 is 14.4 Å². The summed E-state index contributed by atoms with van der Waals surface area (Å²) in [5.41, 5.74) is 3.65. The standard InChI is InChI=1S/C20H34N4O3/c1-15-19(16(2)22(3)21-15)13-23-9-5-6-18(12-23)24(20(25)14-26-4)17-7-10-27-11-8-17/h17-18H,5-14H2,1-4H3. The molecule has 2 fully saturated rings. The molecule has 7 heteroatoms. The average molecular weight is 379 g/mol. The van der Waals surface area contributed by atoms with Gasteiger partial charge in [0.25, 0.3) is 0 Å². The van der Waals surface area contributed by atoms with E-state index in [4.69, 9.17) is 9.47 Å². The van der Waals surface area contributed by atoms with Crippen LogP contribution in [0.25, 0.3) is 0 Å². The molecule has 0 aromatic carbocycles. The van der Waals surface area contributed by atoms with Gasteiger partial charge in [-0.05, 0) is 46.1 Å². The van der Waals surface area contributed by atoms with Crippen molar-refractivity contribution in [1.82, 2.24) is 19.6 Å². The largest absolute Gasteiger partial charge is 0.381 e. The predicted molar refractivity (Wildman–Crippen MR) is 104 cm³/mol. The van der Waals surface area contributed by atoms with Gasteiger partial charge in [0.2, 0.25) is 5.91 Å². The number of amides is 1. The molecule has 0 spiro atoms. The summed E-state index contributed by atoms with van der Waals surface area (Å²) in [6, 6.07) is 0.523. The zero-order chi connectivity index (χ0) is 19.4. The summed E-state index contributed by atoms with van der Waals surface area (Å²) >= 11 is 0. The molecular formula is C20H34N4O3. The van der Waals surface area contributed by atoms with E-state index in [0.29, 0.717) is 0 Å². The average Bonchev–Trinajstić information content (AvgIpc) is 2.90. The molecule has 2 aliphatic heterocycles. The van der Waals surface area contributed by atoms with E-state index in [9.17, 15) is 4.79 Å². The van der Waals surface area contributed by atoms with E-state index in [2.05, 4.69) is 28.7 Å². The highest BCUT2D eigenvalue weighted by atomic mass is 16.5. The number of aromatic nitrogens is 2. The van der Waals surface area contributed by atoms with Crippen molar-refractivity contribution >= 4 is 5.91 Å².